The van der Waals surface area contributed by atoms with E-state index in [1.54, 1.807) is 41.4 Å². The van der Waals surface area contributed by atoms with Crippen LogP contribution in [0, 0.1) is 5.92 Å². The second-order valence-corrected chi connectivity index (χ2v) is 13.3. The summed E-state index contributed by atoms with van der Waals surface area (Å²) in [4.78, 5) is 35.6. The number of nitrogens with zero attached hydrogens (tertiary/aromatic N) is 3. The summed E-state index contributed by atoms with van der Waals surface area (Å²) in [6, 6.07) is 29.8. The number of aliphatic hydroxyl groups excluding tert-OH is 1. The van der Waals surface area contributed by atoms with E-state index in [4.69, 9.17) is 9.47 Å². The van der Waals surface area contributed by atoms with Gasteiger partial charge in [-0.3, -0.25) is 14.5 Å². The van der Waals surface area contributed by atoms with Crippen LogP contribution in [-0.4, -0.2) is 70.6 Å². The monoisotopic (exact) mass is 676 g/mol. The number of carbonyl (C=O) groups is 2. The average molecular weight is 677 g/mol. The molecule has 2 heterocycles. The fourth-order valence-corrected chi connectivity index (χ4v) is 6.50. The van der Waals surface area contributed by atoms with Crippen molar-refractivity contribution in [1.29, 1.82) is 0 Å². The molecule has 1 aliphatic heterocycles. The van der Waals surface area contributed by atoms with Gasteiger partial charge in [0, 0.05) is 48.3 Å². The summed E-state index contributed by atoms with van der Waals surface area (Å²) in [6.45, 7) is 5.34. The Morgan fingerprint density at radius 1 is 1.04 bits per heavy atom. The van der Waals surface area contributed by atoms with Gasteiger partial charge in [-0.1, -0.05) is 55.5 Å². The molecule has 0 bridgehead atoms. The standard InChI is InChI=1S/C39H40N4O5S/c1-26-22-43(27(2)25-44)39(46)33-10-7-11-34(41-37(45)29-14-16-30(17-15-29)38-40-20-21-49-38)36(33)48-35(26)24-42(3)23-28-12-18-32(19-13-28)47-31-8-5-4-6-9-31/h4-21,26-27,35,44H,22-25H2,1-3H3,(H,41,45)/t26-,27-,35-/m0/s1. The van der Waals surface area contributed by atoms with Crippen molar-refractivity contribution in [2.75, 3.05) is 32.1 Å². The van der Waals surface area contributed by atoms with Crippen LogP contribution >= 0.6 is 11.3 Å². The maximum atomic E-state index is 13.9. The summed E-state index contributed by atoms with van der Waals surface area (Å²) < 4.78 is 12.7. The fourth-order valence-electron chi connectivity index (χ4n) is 5.86. The molecule has 0 spiro atoms. The molecule has 0 aliphatic carbocycles. The highest BCUT2D eigenvalue weighted by atomic mass is 32.1. The third-order valence-electron chi connectivity index (χ3n) is 8.61. The molecule has 6 rings (SSSR count). The molecular formula is C39H40N4O5S. The number of ether oxygens (including phenoxy) is 2. The number of anilines is 1. The third-order valence-corrected chi connectivity index (χ3v) is 9.43. The van der Waals surface area contributed by atoms with Crippen molar-refractivity contribution in [2.45, 2.75) is 32.5 Å². The molecule has 2 N–H and O–H groups in total. The number of hydrogen-bond donors (Lipinski definition) is 2. The van der Waals surface area contributed by atoms with Gasteiger partial charge in [-0.15, -0.1) is 11.3 Å². The number of amides is 2. The van der Waals surface area contributed by atoms with Crippen LogP contribution in [0.2, 0.25) is 0 Å². The van der Waals surface area contributed by atoms with Crippen molar-refractivity contribution in [1.82, 2.24) is 14.8 Å². The Morgan fingerprint density at radius 3 is 2.47 bits per heavy atom. The van der Waals surface area contributed by atoms with E-state index < -0.39 is 6.04 Å². The molecule has 0 saturated heterocycles. The fraction of sp³-hybridized carbons (Fsp3) is 0.256. The van der Waals surface area contributed by atoms with Crippen LogP contribution < -0.4 is 14.8 Å². The minimum atomic E-state index is -0.398. The molecule has 49 heavy (non-hydrogen) atoms. The predicted octanol–water partition coefficient (Wildman–Crippen LogP) is 7.21. The Bertz CT molecular complexity index is 1850. The first-order valence-corrected chi connectivity index (χ1v) is 17.2. The van der Waals surface area contributed by atoms with Gasteiger partial charge in [0.1, 0.15) is 22.6 Å². The average Bonchev–Trinajstić information content (AvgIpc) is 3.66. The van der Waals surface area contributed by atoms with E-state index in [-0.39, 0.29) is 30.4 Å². The number of likely N-dealkylation sites (N-methyl/N-ethyl adjacent to an activating group) is 1. The van der Waals surface area contributed by atoms with E-state index in [0.717, 1.165) is 27.6 Å². The van der Waals surface area contributed by atoms with Crippen molar-refractivity contribution < 1.29 is 24.2 Å². The highest BCUT2D eigenvalue weighted by Crippen LogP contribution is 2.35. The van der Waals surface area contributed by atoms with Crippen LogP contribution in [0.1, 0.15) is 40.1 Å². The Kier molecular flexibility index (Phi) is 10.7. The number of fused-ring (bicyclic) bond motifs is 1. The maximum absolute atomic E-state index is 13.9. The normalized spacial score (nSPS) is 16.7. The lowest BCUT2D eigenvalue weighted by molar-refractivity contribution is 0.0343. The van der Waals surface area contributed by atoms with Gasteiger partial charge >= 0.3 is 0 Å². The summed E-state index contributed by atoms with van der Waals surface area (Å²) in [5, 5.41) is 15.8. The Hall–Kier alpha value is -5.03. The first-order chi connectivity index (χ1) is 23.8. The predicted molar refractivity (Wildman–Crippen MR) is 192 cm³/mol. The quantitative estimate of drug-likeness (QED) is 0.152. The largest absolute Gasteiger partial charge is 0.486 e. The number of thiazole rings is 1. The van der Waals surface area contributed by atoms with Crippen molar-refractivity contribution in [3.05, 3.63) is 125 Å². The second-order valence-electron chi connectivity index (χ2n) is 12.4. The summed E-state index contributed by atoms with van der Waals surface area (Å²) in [6.07, 6.45) is 1.42. The van der Waals surface area contributed by atoms with Crippen LogP contribution in [-0.2, 0) is 6.54 Å². The highest BCUT2D eigenvalue weighted by molar-refractivity contribution is 7.13. The van der Waals surface area contributed by atoms with Crippen molar-refractivity contribution >= 4 is 28.8 Å². The lowest BCUT2D eigenvalue weighted by Crippen LogP contribution is -2.49. The van der Waals surface area contributed by atoms with E-state index in [9.17, 15) is 14.7 Å². The molecule has 4 aromatic carbocycles. The van der Waals surface area contributed by atoms with Gasteiger partial charge in [-0.25, -0.2) is 4.98 Å². The number of nitrogens with one attached hydrogen (secondary N) is 1. The van der Waals surface area contributed by atoms with Gasteiger partial charge in [0.2, 0.25) is 0 Å². The molecule has 10 heteroatoms. The van der Waals surface area contributed by atoms with Crippen LogP contribution in [0.4, 0.5) is 5.69 Å². The molecule has 252 valence electrons. The van der Waals surface area contributed by atoms with Gasteiger partial charge in [0.05, 0.1) is 23.9 Å². The minimum absolute atomic E-state index is 0.0858. The van der Waals surface area contributed by atoms with Gasteiger partial charge < -0.3 is 24.8 Å². The molecule has 3 atom stereocenters. The molecule has 5 aromatic rings. The van der Waals surface area contributed by atoms with Gasteiger partial charge in [-0.05, 0) is 68.1 Å². The summed E-state index contributed by atoms with van der Waals surface area (Å²) in [7, 11) is 2.03. The van der Waals surface area contributed by atoms with E-state index >= 15 is 0 Å². The first kappa shape index (κ1) is 33.9. The Labute approximate surface area is 290 Å². The zero-order valence-electron chi connectivity index (χ0n) is 27.8. The molecular weight excluding hydrogens is 637 g/mol. The smallest absolute Gasteiger partial charge is 0.258 e. The molecule has 0 fully saturated rings. The molecule has 9 nitrogen and oxygen atoms in total. The van der Waals surface area contributed by atoms with E-state index in [0.29, 0.717) is 42.2 Å². The Morgan fingerprint density at radius 2 is 1.78 bits per heavy atom. The topological polar surface area (TPSA) is 104 Å². The van der Waals surface area contributed by atoms with Crippen molar-refractivity contribution in [2.24, 2.45) is 5.92 Å². The van der Waals surface area contributed by atoms with Gasteiger partial charge in [-0.2, -0.15) is 0 Å². The highest BCUT2D eigenvalue weighted by Gasteiger charge is 2.34. The molecule has 1 aromatic heterocycles. The van der Waals surface area contributed by atoms with E-state index in [1.165, 1.54) is 11.3 Å². The number of para-hydroxylation sites is 2. The molecule has 0 unspecified atom stereocenters. The van der Waals surface area contributed by atoms with Gasteiger partial charge in [0.15, 0.2) is 5.75 Å². The van der Waals surface area contributed by atoms with E-state index in [1.807, 2.05) is 86.1 Å². The SMILES string of the molecule is C[C@H]1CN([C@@H](C)CO)C(=O)c2cccc(NC(=O)c3ccc(-c4nccs4)cc3)c2O[C@H]1CN(C)Cc1ccc(Oc2ccccc2)cc1. The number of hydrogen-bond acceptors (Lipinski definition) is 8. The maximum Gasteiger partial charge on any atom is 0.258 e. The van der Waals surface area contributed by atoms with Gasteiger partial charge in [0.25, 0.3) is 11.8 Å². The number of aromatic nitrogens is 1. The first-order valence-electron chi connectivity index (χ1n) is 16.3. The third kappa shape index (κ3) is 8.17. The van der Waals surface area contributed by atoms with E-state index in [2.05, 4.69) is 22.1 Å². The number of carbonyl (C=O) groups excluding carboxylic acids is 2. The van der Waals surface area contributed by atoms with Crippen LogP contribution in [0.5, 0.6) is 17.2 Å². The van der Waals surface area contributed by atoms with Crippen LogP contribution in [0.15, 0.2) is 109 Å². The summed E-state index contributed by atoms with van der Waals surface area (Å²) >= 11 is 1.53. The summed E-state index contributed by atoms with van der Waals surface area (Å²) in [5.41, 5.74) is 3.26. The molecule has 1 aliphatic rings. The lowest BCUT2D eigenvalue weighted by Gasteiger charge is -2.38. The Balaban J connectivity index is 1.21. The number of aliphatic hydroxyl groups is 1. The zero-order valence-corrected chi connectivity index (χ0v) is 28.6. The summed E-state index contributed by atoms with van der Waals surface area (Å²) in [5.74, 6) is 1.21. The second kappa shape index (κ2) is 15.5. The lowest BCUT2D eigenvalue weighted by atomic mass is 9.98. The van der Waals surface area contributed by atoms with Crippen molar-refractivity contribution in [3.63, 3.8) is 0 Å². The van der Waals surface area contributed by atoms with Crippen molar-refractivity contribution in [3.8, 4) is 27.8 Å². The molecule has 0 saturated carbocycles. The number of rotatable bonds is 11. The van der Waals surface area contributed by atoms with Crippen LogP contribution in [0.3, 0.4) is 0 Å². The zero-order chi connectivity index (χ0) is 34.3. The van der Waals surface area contributed by atoms with Crippen LogP contribution in [0.25, 0.3) is 10.6 Å². The number of benzene rings is 4. The minimum Gasteiger partial charge on any atom is -0.486 e. The molecule has 2 amide bonds. The molecule has 0 radical (unpaired) electrons.